The van der Waals surface area contributed by atoms with Gasteiger partial charge in [-0.1, -0.05) is 18.2 Å². The summed E-state index contributed by atoms with van der Waals surface area (Å²) in [4.78, 5) is 8.14. The van der Waals surface area contributed by atoms with Crippen LogP contribution in [0.15, 0.2) is 54.9 Å². The maximum absolute atomic E-state index is 5.82. The van der Waals surface area contributed by atoms with Gasteiger partial charge in [-0.3, -0.25) is 9.55 Å². The lowest BCUT2D eigenvalue weighted by Crippen LogP contribution is -3.14. The zero-order valence-electron chi connectivity index (χ0n) is 15.9. The molecule has 6 nitrogen and oxygen atoms in total. The van der Waals surface area contributed by atoms with Crippen LogP contribution in [0.25, 0.3) is 11.4 Å². The SMILES string of the molecule is S=c1n(C[NH+]2CCN(c3ccccc3)CC2)nc(-c2ccncc2)n1C1CC1. The van der Waals surface area contributed by atoms with Crippen molar-refractivity contribution < 1.29 is 4.90 Å². The third-order valence-electron chi connectivity index (χ3n) is 5.69. The molecule has 0 radical (unpaired) electrons. The van der Waals surface area contributed by atoms with Crippen LogP contribution in [0.5, 0.6) is 0 Å². The van der Waals surface area contributed by atoms with Gasteiger partial charge in [-0.05, 0) is 49.3 Å². The predicted octanol–water partition coefficient (Wildman–Crippen LogP) is 2.17. The van der Waals surface area contributed by atoms with E-state index in [1.165, 1.54) is 23.4 Å². The third kappa shape index (κ3) is 3.47. The van der Waals surface area contributed by atoms with Crippen molar-refractivity contribution in [2.45, 2.75) is 25.6 Å². The molecule has 3 aromatic rings. The maximum atomic E-state index is 5.82. The molecule has 28 heavy (non-hydrogen) atoms. The number of hydrogen-bond acceptors (Lipinski definition) is 4. The van der Waals surface area contributed by atoms with Gasteiger partial charge in [-0.25, -0.2) is 0 Å². The fourth-order valence-corrected chi connectivity index (χ4v) is 4.31. The number of anilines is 1. The molecular formula is C21H25N6S+. The average Bonchev–Trinajstić information content (AvgIpc) is 3.54. The van der Waals surface area contributed by atoms with Crippen LogP contribution in [0.4, 0.5) is 5.69 Å². The summed E-state index contributed by atoms with van der Waals surface area (Å²) in [6.07, 6.45) is 6.03. The number of rotatable bonds is 5. The second-order valence-electron chi connectivity index (χ2n) is 7.67. The zero-order valence-corrected chi connectivity index (χ0v) is 16.7. The van der Waals surface area contributed by atoms with Gasteiger partial charge in [0, 0.05) is 29.7 Å². The molecule has 7 heteroatoms. The fraction of sp³-hybridized carbons (Fsp3) is 0.381. The molecule has 0 spiro atoms. The molecule has 3 heterocycles. The molecule has 2 fully saturated rings. The number of pyridine rings is 1. The second kappa shape index (κ2) is 7.48. The second-order valence-corrected chi connectivity index (χ2v) is 8.04. The van der Waals surface area contributed by atoms with Crippen molar-refractivity contribution in [1.29, 1.82) is 0 Å². The summed E-state index contributed by atoms with van der Waals surface area (Å²) in [5.41, 5.74) is 2.41. The van der Waals surface area contributed by atoms with Crippen molar-refractivity contribution in [2.24, 2.45) is 0 Å². The minimum Gasteiger partial charge on any atom is -0.360 e. The minimum atomic E-state index is 0.509. The Bertz CT molecular complexity index is 985. The molecule has 1 aliphatic heterocycles. The zero-order chi connectivity index (χ0) is 18.9. The normalized spacial score (nSPS) is 17.8. The van der Waals surface area contributed by atoms with Crippen LogP contribution in [0, 0.1) is 4.77 Å². The van der Waals surface area contributed by atoms with Crippen molar-refractivity contribution in [2.75, 3.05) is 31.1 Å². The first-order valence-corrected chi connectivity index (χ1v) is 10.4. The van der Waals surface area contributed by atoms with Gasteiger partial charge < -0.3 is 9.80 Å². The van der Waals surface area contributed by atoms with E-state index >= 15 is 0 Å². The Morgan fingerprint density at radius 1 is 1.00 bits per heavy atom. The molecule has 5 rings (SSSR count). The van der Waals surface area contributed by atoms with Crippen LogP contribution in [0.1, 0.15) is 18.9 Å². The highest BCUT2D eigenvalue weighted by molar-refractivity contribution is 7.71. The van der Waals surface area contributed by atoms with Crippen LogP contribution in [-0.2, 0) is 6.67 Å². The van der Waals surface area contributed by atoms with Crippen LogP contribution >= 0.6 is 12.2 Å². The van der Waals surface area contributed by atoms with E-state index in [1.807, 2.05) is 29.2 Å². The van der Waals surface area contributed by atoms with Gasteiger partial charge in [-0.2, -0.15) is 4.68 Å². The lowest BCUT2D eigenvalue weighted by atomic mass is 10.2. The predicted molar refractivity (Wildman–Crippen MR) is 112 cm³/mol. The standard InChI is InChI=1S/C21H24N6S/c28-21-26(16-24-12-14-25(15-13-24)18-4-2-1-3-5-18)23-20(27(21)19-6-7-19)17-8-10-22-11-9-17/h1-5,8-11,19H,6-7,12-16H2/p+1. The first kappa shape index (κ1) is 17.6. The van der Waals surface area contributed by atoms with Gasteiger partial charge in [0.05, 0.1) is 26.2 Å². The van der Waals surface area contributed by atoms with E-state index in [9.17, 15) is 0 Å². The fourth-order valence-electron chi connectivity index (χ4n) is 3.97. The summed E-state index contributed by atoms with van der Waals surface area (Å²) in [6, 6.07) is 15.2. The molecule has 1 aromatic carbocycles. The average molecular weight is 394 g/mol. The van der Waals surface area contributed by atoms with Crippen molar-refractivity contribution in [1.82, 2.24) is 19.3 Å². The van der Waals surface area contributed by atoms with Gasteiger partial charge in [0.25, 0.3) is 0 Å². The smallest absolute Gasteiger partial charge is 0.203 e. The molecule has 1 saturated carbocycles. The molecule has 0 atom stereocenters. The largest absolute Gasteiger partial charge is 0.360 e. The summed E-state index contributed by atoms with van der Waals surface area (Å²) in [7, 11) is 0. The van der Waals surface area contributed by atoms with E-state index in [4.69, 9.17) is 17.3 Å². The van der Waals surface area contributed by atoms with Gasteiger partial charge >= 0.3 is 0 Å². The number of nitrogens with zero attached hydrogens (tertiary/aromatic N) is 5. The van der Waals surface area contributed by atoms with E-state index in [0.717, 1.165) is 49.0 Å². The molecular weight excluding hydrogens is 368 g/mol. The van der Waals surface area contributed by atoms with E-state index < -0.39 is 0 Å². The Morgan fingerprint density at radius 3 is 2.39 bits per heavy atom. The highest BCUT2D eigenvalue weighted by Crippen LogP contribution is 2.38. The van der Waals surface area contributed by atoms with E-state index in [-0.39, 0.29) is 0 Å². The summed E-state index contributed by atoms with van der Waals surface area (Å²) in [6.45, 7) is 5.15. The number of benzene rings is 1. The van der Waals surface area contributed by atoms with Crippen molar-refractivity contribution in [3.8, 4) is 11.4 Å². The topological polar surface area (TPSA) is 43.3 Å². The van der Waals surface area contributed by atoms with Crippen LogP contribution in [0.3, 0.4) is 0 Å². The Kier molecular flexibility index (Phi) is 4.70. The Labute approximate surface area is 170 Å². The first-order chi connectivity index (χ1) is 13.8. The molecule has 1 saturated heterocycles. The van der Waals surface area contributed by atoms with E-state index in [0.29, 0.717) is 6.04 Å². The highest BCUT2D eigenvalue weighted by Gasteiger charge is 2.30. The monoisotopic (exact) mass is 393 g/mol. The minimum absolute atomic E-state index is 0.509. The Hall–Kier alpha value is -2.51. The molecule has 1 aliphatic carbocycles. The molecule has 144 valence electrons. The molecule has 0 amide bonds. The van der Waals surface area contributed by atoms with Gasteiger partial charge in [0.2, 0.25) is 4.77 Å². The van der Waals surface area contributed by atoms with Crippen molar-refractivity contribution >= 4 is 17.9 Å². The third-order valence-corrected chi connectivity index (χ3v) is 6.09. The molecule has 0 bridgehead atoms. The van der Waals surface area contributed by atoms with Crippen molar-refractivity contribution in [3.63, 3.8) is 0 Å². The van der Waals surface area contributed by atoms with Crippen LogP contribution < -0.4 is 9.80 Å². The lowest BCUT2D eigenvalue weighted by Gasteiger charge is -2.33. The first-order valence-electron chi connectivity index (χ1n) is 10.0. The Morgan fingerprint density at radius 2 is 1.71 bits per heavy atom. The highest BCUT2D eigenvalue weighted by atomic mass is 32.1. The number of quaternary nitrogens is 1. The quantitative estimate of drug-likeness (QED) is 0.675. The molecule has 0 unspecified atom stereocenters. The van der Waals surface area contributed by atoms with Gasteiger partial charge in [-0.15, -0.1) is 5.10 Å². The Balaban J connectivity index is 1.33. The number of aromatic nitrogens is 4. The molecule has 1 N–H and O–H groups in total. The molecule has 2 aromatic heterocycles. The molecule has 2 aliphatic rings. The summed E-state index contributed by atoms with van der Waals surface area (Å²) >= 11 is 5.82. The maximum Gasteiger partial charge on any atom is 0.203 e. The summed E-state index contributed by atoms with van der Waals surface area (Å²) < 4.78 is 5.15. The van der Waals surface area contributed by atoms with Crippen LogP contribution in [-0.4, -0.2) is 45.5 Å². The van der Waals surface area contributed by atoms with E-state index in [1.54, 1.807) is 0 Å². The number of piperazine rings is 1. The number of hydrogen-bond donors (Lipinski definition) is 1. The van der Waals surface area contributed by atoms with Crippen molar-refractivity contribution in [3.05, 3.63) is 59.6 Å². The summed E-state index contributed by atoms with van der Waals surface area (Å²) in [5.74, 6) is 0.984. The number of nitrogens with one attached hydrogen (secondary N) is 1. The summed E-state index contributed by atoms with van der Waals surface area (Å²) in [5, 5.41) is 4.93. The van der Waals surface area contributed by atoms with E-state index in [2.05, 4.69) is 44.8 Å². The van der Waals surface area contributed by atoms with Crippen LogP contribution in [0.2, 0.25) is 0 Å². The lowest BCUT2D eigenvalue weighted by molar-refractivity contribution is -0.924. The van der Waals surface area contributed by atoms with Gasteiger partial charge in [0.1, 0.15) is 0 Å². The number of para-hydroxylation sites is 1. The van der Waals surface area contributed by atoms with Gasteiger partial charge in [0.15, 0.2) is 12.5 Å².